The standard InChI is InChI=1S/C16H14ClNO2/c1-10(16(18)20)12-3-2-4-13(9-12)15(19)11-5-7-14(17)8-6-11/h2-10H,1H3,(H2,18,20). The Morgan fingerprint density at radius 1 is 1.05 bits per heavy atom. The van der Waals surface area contributed by atoms with Gasteiger partial charge in [-0.15, -0.1) is 0 Å². The van der Waals surface area contributed by atoms with Crippen molar-refractivity contribution in [1.82, 2.24) is 0 Å². The maximum Gasteiger partial charge on any atom is 0.224 e. The number of carbonyl (C=O) groups excluding carboxylic acids is 2. The largest absolute Gasteiger partial charge is 0.369 e. The Bertz CT molecular complexity index is 650. The Labute approximate surface area is 122 Å². The topological polar surface area (TPSA) is 60.2 Å². The number of halogens is 1. The fraction of sp³-hybridized carbons (Fsp3) is 0.125. The normalized spacial score (nSPS) is 11.9. The predicted octanol–water partition coefficient (Wildman–Crippen LogP) is 3.16. The highest BCUT2D eigenvalue weighted by Crippen LogP contribution is 2.19. The SMILES string of the molecule is CC(C(N)=O)c1cccc(C(=O)c2ccc(Cl)cc2)c1. The number of nitrogens with two attached hydrogens (primary N) is 1. The van der Waals surface area contributed by atoms with Gasteiger partial charge in [0.25, 0.3) is 0 Å². The van der Waals surface area contributed by atoms with Gasteiger partial charge in [0.2, 0.25) is 5.91 Å². The molecule has 0 fully saturated rings. The van der Waals surface area contributed by atoms with E-state index in [9.17, 15) is 9.59 Å². The van der Waals surface area contributed by atoms with Crippen molar-refractivity contribution in [3.8, 4) is 0 Å². The van der Waals surface area contributed by atoms with E-state index in [4.69, 9.17) is 17.3 Å². The van der Waals surface area contributed by atoms with Gasteiger partial charge in [0.05, 0.1) is 5.92 Å². The van der Waals surface area contributed by atoms with Gasteiger partial charge in [-0.25, -0.2) is 0 Å². The van der Waals surface area contributed by atoms with E-state index in [0.29, 0.717) is 16.1 Å². The van der Waals surface area contributed by atoms with Gasteiger partial charge in [0.15, 0.2) is 5.78 Å². The van der Waals surface area contributed by atoms with Gasteiger partial charge in [-0.2, -0.15) is 0 Å². The van der Waals surface area contributed by atoms with Crippen LogP contribution in [0.5, 0.6) is 0 Å². The van der Waals surface area contributed by atoms with Gasteiger partial charge in [-0.05, 0) is 42.8 Å². The second-order valence-corrected chi connectivity index (χ2v) is 5.02. The summed E-state index contributed by atoms with van der Waals surface area (Å²) in [7, 11) is 0. The van der Waals surface area contributed by atoms with Gasteiger partial charge in [0.1, 0.15) is 0 Å². The van der Waals surface area contributed by atoms with Crippen LogP contribution in [-0.2, 0) is 4.79 Å². The number of hydrogen-bond acceptors (Lipinski definition) is 2. The lowest BCUT2D eigenvalue weighted by Crippen LogP contribution is -2.19. The smallest absolute Gasteiger partial charge is 0.224 e. The third kappa shape index (κ3) is 3.06. The molecular formula is C16H14ClNO2. The Morgan fingerprint density at radius 3 is 2.30 bits per heavy atom. The molecule has 0 aromatic heterocycles. The van der Waals surface area contributed by atoms with Crippen molar-refractivity contribution in [2.45, 2.75) is 12.8 Å². The van der Waals surface area contributed by atoms with Crippen LogP contribution in [0.4, 0.5) is 0 Å². The van der Waals surface area contributed by atoms with Crippen molar-refractivity contribution in [3.05, 3.63) is 70.2 Å². The summed E-state index contributed by atoms with van der Waals surface area (Å²) in [4.78, 5) is 23.6. The molecule has 2 N–H and O–H groups in total. The molecule has 2 aromatic carbocycles. The second kappa shape index (κ2) is 5.88. The first-order chi connectivity index (χ1) is 9.49. The average Bonchev–Trinajstić information content (AvgIpc) is 2.46. The highest BCUT2D eigenvalue weighted by molar-refractivity contribution is 6.30. The molecule has 1 atom stereocenters. The Balaban J connectivity index is 2.33. The van der Waals surface area contributed by atoms with Crippen LogP contribution in [0, 0.1) is 0 Å². The molecule has 0 spiro atoms. The Morgan fingerprint density at radius 2 is 1.70 bits per heavy atom. The molecule has 0 aliphatic heterocycles. The minimum absolute atomic E-state index is 0.111. The van der Waals surface area contributed by atoms with Crippen molar-refractivity contribution < 1.29 is 9.59 Å². The maximum atomic E-state index is 12.3. The van der Waals surface area contributed by atoms with E-state index in [-0.39, 0.29) is 5.78 Å². The monoisotopic (exact) mass is 287 g/mol. The van der Waals surface area contributed by atoms with Crippen LogP contribution < -0.4 is 5.73 Å². The molecule has 2 rings (SSSR count). The zero-order valence-electron chi connectivity index (χ0n) is 11.0. The van der Waals surface area contributed by atoms with Crippen molar-refractivity contribution in [1.29, 1.82) is 0 Å². The minimum Gasteiger partial charge on any atom is -0.369 e. The molecule has 102 valence electrons. The average molecular weight is 288 g/mol. The number of amides is 1. The van der Waals surface area contributed by atoms with Crippen LogP contribution in [0.15, 0.2) is 48.5 Å². The molecule has 0 saturated heterocycles. The zero-order valence-corrected chi connectivity index (χ0v) is 11.7. The third-order valence-electron chi connectivity index (χ3n) is 3.18. The molecule has 0 saturated carbocycles. The van der Waals surface area contributed by atoms with E-state index in [1.165, 1.54) is 0 Å². The predicted molar refractivity (Wildman–Crippen MR) is 78.9 cm³/mol. The highest BCUT2D eigenvalue weighted by Gasteiger charge is 2.14. The van der Waals surface area contributed by atoms with Gasteiger partial charge in [-0.3, -0.25) is 9.59 Å². The molecule has 2 aromatic rings. The Hall–Kier alpha value is -2.13. The number of rotatable bonds is 4. The molecule has 1 amide bonds. The van der Waals surface area contributed by atoms with Crippen LogP contribution in [-0.4, -0.2) is 11.7 Å². The van der Waals surface area contributed by atoms with Crippen molar-refractivity contribution in [2.24, 2.45) is 5.73 Å². The molecule has 1 unspecified atom stereocenters. The van der Waals surface area contributed by atoms with E-state index >= 15 is 0 Å². The van der Waals surface area contributed by atoms with E-state index < -0.39 is 11.8 Å². The number of hydrogen-bond donors (Lipinski definition) is 1. The summed E-state index contributed by atoms with van der Waals surface area (Å²) in [5.41, 5.74) is 7.10. The molecule has 4 heteroatoms. The fourth-order valence-electron chi connectivity index (χ4n) is 1.88. The van der Waals surface area contributed by atoms with Crippen LogP contribution in [0.1, 0.15) is 34.3 Å². The third-order valence-corrected chi connectivity index (χ3v) is 3.43. The van der Waals surface area contributed by atoms with Gasteiger partial charge >= 0.3 is 0 Å². The summed E-state index contributed by atoms with van der Waals surface area (Å²) in [5.74, 6) is -0.950. The molecule has 0 heterocycles. The Kier molecular flexibility index (Phi) is 4.20. The first-order valence-electron chi connectivity index (χ1n) is 6.18. The quantitative estimate of drug-likeness (QED) is 0.878. The minimum atomic E-state index is -0.423. The van der Waals surface area contributed by atoms with Crippen LogP contribution in [0.25, 0.3) is 0 Å². The highest BCUT2D eigenvalue weighted by atomic mass is 35.5. The molecule has 20 heavy (non-hydrogen) atoms. The number of carbonyl (C=O) groups is 2. The summed E-state index contributed by atoms with van der Waals surface area (Å²) in [6.45, 7) is 1.72. The first kappa shape index (κ1) is 14.3. The summed E-state index contributed by atoms with van der Waals surface area (Å²) < 4.78 is 0. The second-order valence-electron chi connectivity index (χ2n) is 4.59. The summed E-state index contributed by atoms with van der Waals surface area (Å²) in [6.07, 6.45) is 0. The lowest BCUT2D eigenvalue weighted by Gasteiger charge is -2.09. The van der Waals surface area contributed by atoms with Crippen molar-refractivity contribution in [2.75, 3.05) is 0 Å². The van der Waals surface area contributed by atoms with Crippen LogP contribution in [0.3, 0.4) is 0 Å². The van der Waals surface area contributed by atoms with E-state index in [2.05, 4.69) is 0 Å². The summed E-state index contributed by atoms with van der Waals surface area (Å²) in [5, 5.41) is 0.581. The van der Waals surface area contributed by atoms with E-state index in [1.807, 2.05) is 0 Å². The molecule has 0 aliphatic carbocycles. The maximum absolute atomic E-state index is 12.3. The van der Waals surface area contributed by atoms with E-state index in [1.54, 1.807) is 55.5 Å². The van der Waals surface area contributed by atoms with Gasteiger partial charge in [0, 0.05) is 16.1 Å². The summed E-state index contributed by atoms with van der Waals surface area (Å²) in [6, 6.07) is 13.6. The van der Waals surface area contributed by atoms with Crippen LogP contribution in [0.2, 0.25) is 5.02 Å². The number of primary amides is 1. The van der Waals surface area contributed by atoms with Crippen molar-refractivity contribution in [3.63, 3.8) is 0 Å². The van der Waals surface area contributed by atoms with Gasteiger partial charge < -0.3 is 5.73 Å². The summed E-state index contributed by atoms with van der Waals surface area (Å²) >= 11 is 5.80. The number of benzene rings is 2. The molecule has 0 radical (unpaired) electrons. The number of ketones is 1. The van der Waals surface area contributed by atoms with E-state index in [0.717, 1.165) is 5.56 Å². The van der Waals surface area contributed by atoms with Crippen molar-refractivity contribution >= 4 is 23.3 Å². The molecular weight excluding hydrogens is 274 g/mol. The molecule has 3 nitrogen and oxygen atoms in total. The fourth-order valence-corrected chi connectivity index (χ4v) is 2.01. The molecule has 0 aliphatic rings. The van der Waals surface area contributed by atoms with Gasteiger partial charge in [-0.1, -0.05) is 29.8 Å². The first-order valence-corrected chi connectivity index (χ1v) is 6.56. The lowest BCUT2D eigenvalue weighted by atomic mass is 9.95. The van der Waals surface area contributed by atoms with Crippen LogP contribution >= 0.6 is 11.6 Å². The molecule has 0 bridgehead atoms. The lowest BCUT2D eigenvalue weighted by molar-refractivity contribution is -0.119. The zero-order chi connectivity index (χ0) is 14.7.